The number of likely N-dealkylation sites (N-methyl/N-ethyl adjacent to an activating group) is 1. The van der Waals surface area contributed by atoms with Crippen molar-refractivity contribution in [3.63, 3.8) is 0 Å². The van der Waals surface area contributed by atoms with Crippen molar-refractivity contribution in [1.82, 2.24) is 9.88 Å². The van der Waals surface area contributed by atoms with E-state index in [-0.39, 0.29) is 5.75 Å². The minimum atomic E-state index is 0.277. The van der Waals surface area contributed by atoms with Gasteiger partial charge in [-0.05, 0) is 43.5 Å². The molecule has 2 N–H and O–H groups in total. The molecule has 0 unspecified atom stereocenters. The van der Waals surface area contributed by atoms with Crippen molar-refractivity contribution in [2.24, 2.45) is 0 Å². The number of phenolic OH excluding ortho intramolecular Hbond substituents is 1. The number of anilines is 1. The minimum absolute atomic E-state index is 0.277. The van der Waals surface area contributed by atoms with Crippen LogP contribution in [-0.4, -0.2) is 41.2 Å². The normalized spacial score (nSPS) is 15.1. The fourth-order valence-corrected chi connectivity index (χ4v) is 2.35. The van der Waals surface area contributed by atoms with Gasteiger partial charge in [-0.15, -0.1) is 0 Å². The van der Waals surface area contributed by atoms with Gasteiger partial charge in [-0.1, -0.05) is 6.07 Å². The first-order valence-electron chi connectivity index (χ1n) is 6.76. The molecule has 3 rings (SSSR count). The van der Waals surface area contributed by atoms with Gasteiger partial charge in [-0.2, -0.15) is 0 Å². The van der Waals surface area contributed by atoms with Gasteiger partial charge in [-0.3, -0.25) is 0 Å². The number of hydrogen-bond acceptors (Lipinski definition) is 4. The van der Waals surface area contributed by atoms with Crippen molar-refractivity contribution in [1.29, 1.82) is 0 Å². The SMILES string of the molecule is CN(CCNc1nccc2ccc(O)cc12)C1CC1. The predicted octanol–water partition coefficient (Wildman–Crippen LogP) is 2.45. The van der Waals surface area contributed by atoms with Crippen molar-refractivity contribution in [3.05, 3.63) is 30.5 Å². The van der Waals surface area contributed by atoms with Gasteiger partial charge < -0.3 is 15.3 Å². The van der Waals surface area contributed by atoms with E-state index in [9.17, 15) is 5.11 Å². The van der Waals surface area contributed by atoms with Crippen LogP contribution in [0, 0.1) is 0 Å². The van der Waals surface area contributed by atoms with Crippen LogP contribution in [0.3, 0.4) is 0 Å². The molecular formula is C15H19N3O. The van der Waals surface area contributed by atoms with Gasteiger partial charge in [0.1, 0.15) is 11.6 Å². The highest BCUT2D eigenvalue weighted by Gasteiger charge is 2.25. The number of nitrogens with zero attached hydrogens (tertiary/aromatic N) is 2. The Morgan fingerprint density at radius 1 is 1.37 bits per heavy atom. The predicted molar refractivity (Wildman–Crippen MR) is 77.5 cm³/mol. The average Bonchev–Trinajstić information content (AvgIpc) is 3.23. The quantitative estimate of drug-likeness (QED) is 0.863. The van der Waals surface area contributed by atoms with Gasteiger partial charge in [0.25, 0.3) is 0 Å². The van der Waals surface area contributed by atoms with Gasteiger partial charge in [0.2, 0.25) is 0 Å². The Morgan fingerprint density at radius 2 is 2.21 bits per heavy atom. The van der Waals surface area contributed by atoms with Crippen LogP contribution in [0.25, 0.3) is 10.8 Å². The third kappa shape index (κ3) is 2.79. The lowest BCUT2D eigenvalue weighted by molar-refractivity contribution is 0.337. The molecule has 4 nitrogen and oxygen atoms in total. The van der Waals surface area contributed by atoms with Crippen LogP contribution in [-0.2, 0) is 0 Å². The number of pyridine rings is 1. The number of hydrogen-bond donors (Lipinski definition) is 2. The number of aromatic hydroxyl groups is 1. The summed E-state index contributed by atoms with van der Waals surface area (Å²) in [6, 6.07) is 8.11. The standard InChI is InChI=1S/C15H19N3O/c1-18(12-3-4-12)9-8-17-15-14-10-13(19)5-2-11(14)6-7-16-15/h2,5-7,10,12,19H,3-4,8-9H2,1H3,(H,16,17). The Labute approximate surface area is 113 Å². The zero-order valence-corrected chi connectivity index (χ0v) is 11.1. The Bertz CT molecular complexity index is 581. The van der Waals surface area contributed by atoms with Crippen molar-refractivity contribution in [2.45, 2.75) is 18.9 Å². The van der Waals surface area contributed by atoms with E-state index in [4.69, 9.17) is 0 Å². The highest BCUT2D eigenvalue weighted by Crippen LogP contribution is 2.26. The molecule has 0 bridgehead atoms. The van der Waals surface area contributed by atoms with Gasteiger partial charge in [0.05, 0.1) is 0 Å². The monoisotopic (exact) mass is 257 g/mol. The van der Waals surface area contributed by atoms with Gasteiger partial charge in [0, 0.05) is 30.7 Å². The molecule has 1 saturated carbocycles. The Balaban J connectivity index is 1.71. The van der Waals surface area contributed by atoms with E-state index in [0.29, 0.717) is 0 Å². The molecule has 1 heterocycles. The van der Waals surface area contributed by atoms with Crippen LogP contribution in [0.5, 0.6) is 5.75 Å². The van der Waals surface area contributed by atoms with E-state index in [0.717, 1.165) is 35.7 Å². The Kier molecular flexibility index (Phi) is 3.25. The van der Waals surface area contributed by atoms with Crippen molar-refractivity contribution in [3.8, 4) is 5.75 Å². The summed E-state index contributed by atoms with van der Waals surface area (Å²) >= 11 is 0. The molecule has 0 saturated heterocycles. The highest BCUT2D eigenvalue weighted by atomic mass is 16.3. The molecule has 1 aliphatic rings. The van der Waals surface area contributed by atoms with E-state index < -0.39 is 0 Å². The lowest BCUT2D eigenvalue weighted by Crippen LogP contribution is -2.27. The average molecular weight is 257 g/mol. The molecule has 19 heavy (non-hydrogen) atoms. The summed E-state index contributed by atoms with van der Waals surface area (Å²) < 4.78 is 0. The first-order chi connectivity index (χ1) is 9.24. The van der Waals surface area contributed by atoms with E-state index >= 15 is 0 Å². The molecule has 0 amide bonds. The molecule has 1 fully saturated rings. The number of benzene rings is 1. The molecule has 0 spiro atoms. The number of aromatic nitrogens is 1. The van der Waals surface area contributed by atoms with Gasteiger partial charge in [-0.25, -0.2) is 4.98 Å². The second-order valence-corrected chi connectivity index (χ2v) is 5.20. The fraction of sp³-hybridized carbons (Fsp3) is 0.400. The minimum Gasteiger partial charge on any atom is -0.508 e. The van der Waals surface area contributed by atoms with Crippen LogP contribution >= 0.6 is 0 Å². The number of nitrogens with one attached hydrogen (secondary N) is 1. The number of rotatable bonds is 5. The Morgan fingerprint density at radius 3 is 3.00 bits per heavy atom. The van der Waals surface area contributed by atoms with Crippen LogP contribution in [0.15, 0.2) is 30.5 Å². The zero-order chi connectivity index (χ0) is 13.2. The molecule has 1 aliphatic carbocycles. The summed E-state index contributed by atoms with van der Waals surface area (Å²) in [5.41, 5.74) is 0. The second-order valence-electron chi connectivity index (χ2n) is 5.20. The molecule has 0 atom stereocenters. The first-order valence-corrected chi connectivity index (χ1v) is 6.76. The number of fused-ring (bicyclic) bond motifs is 1. The second kappa shape index (κ2) is 5.05. The lowest BCUT2D eigenvalue weighted by Gasteiger charge is -2.16. The highest BCUT2D eigenvalue weighted by molar-refractivity contribution is 5.92. The maximum atomic E-state index is 9.59. The molecule has 2 aromatic rings. The summed E-state index contributed by atoms with van der Waals surface area (Å²) in [6.07, 6.45) is 4.46. The summed E-state index contributed by atoms with van der Waals surface area (Å²) in [6.45, 7) is 1.89. The van der Waals surface area contributed by atoms with Crippen LogP contribution in [0.2, 0.25) is 0 Å². The molecule has 0 radical (unpaired) electrons. The van der Waals surface area contributed by atoms with Crippen LogP contribution in [0.4, 0.5) is 5.82 Å². The van der Waals surface area contributed by atoms with Gasteiger partial charge >= 0.3 is 0 Å². The van der Waals surface area contributed by atoms with E-state index in [1.165, 1.54) is 12.8 Å². The van der Waals surface area contributed by atoms with E-state index in [1.807, 2.05) is 12.1 Å². The maximum absolute atomic E-state index is 9.59. The lowest BCUT2D eigenvalue weighted by atomic mass is 10.1. The smallest absolute Gasteiger partial charge is 0.133 e. The Hall–Kier alpha value is -1.81. The molecule has 1 aromatic heterocycles. The van der Waals surface area contributed by atoms with Gasteiger partial charge in [0.15, 0.2) is 0 Å². The summed E-state index contributed by atoms with van der Waals surface area (Å²) in [4.78, 5) is 6.75. The summed E-state index contributed by atoms with van der Waals surface area (Å²) in [5.74, 6) is 1.12. The third-order valence-corrected chi connectivity index (χ3v) is 3.68. The fourth-order valence-electron chi connectivity index (χ4n) is 2.35. The largest absolute Gasteiger partial charge is 0.508 e. The zero-order valence-electron chi connectivity index (χ0n) is 11.1. The van der Waals surface area contributed by atoms with Crippen molar-refractivity contribution in [2.75, 3.05) is 25.5 Å². The molecule has 0 aliphatic heterocycles. The molecular weight excluding hydrogens is 238 g/mol. The summed E-state index contributed by atoms with van der Waals surface area (Å²) in [5, 5.41) is 15.0. The van der Waals surface area contributed by atoms with Crippen LogP contribution < -0.4 is 5.32 Å². The topological polar surface area (TPSA) is 48.4 Å². The maximum Gasteiger partial charge on any atom is 0.133 e. The molecule has 1 aromatic carbocycles. The molecule has 100 valence electrons. The van der Waals surface area contributed by atoms with Crippen molar-refractivity contribution < 1.29 is 5.11 Å². The van der Waals surface area contributed by atoms with Crippen molar-refractivity contribution >= 4 is 16.6 Å². The number of phenols is 1. The first kappa shape index (κ1) is 12.2. The van der Waals surface area contributed by atoms with E-state index in [1.54, 1.807) is 18.3 Å². The molecule has 4 heteroatoms. The van der Waals surface area contributed by atoms with E-state index in [2.05, 4.69) is 22.2 Å². The third-order valence-electron chi connectivity index (χ3n) is 3.68. The van der Waals surface area contributed by atoms with Crippen LogP contribution in [0.1, 0.15) is 12.8 Å². The summed E-state index contributed by atoms with van der Waals surface area (Å²) in [7, 11) is 2.17.